The lowest BCUT2D eigenvalue weighted by Crippen LogP contribution is -2.42. The molecule has 0 radical (unpaired) electrons. The molecule has 18 heavy (non-hydrogen) atoms. The number of rotatable bonds is 2. The molecule has 1 aliphatic rings. The normalized spacial score (nSPS) is 19.6. The van der Waals surface area contributed by atoms with Gasteiger partial charge in [-0.15, -0.1) is 0 Å². The molecule has 1 saturated heterocycles. The Hall–Kier alpha value is -1.11. The van der Waals surface area contributed by atoms with E-state index in [1.165, 1.54) is 0 Å². The van der Waals surface area contributed by atoms with E-state index in [0.717, 1.165) is 9.99 Å². The molecule has 1 aromatic carbocycles. The summed E-state index contributed by atoms with van der Waals surface area (Å²) in [5.74, 6) is -1.31. The topological polar surface area (TPSA) is 57.6 Å². The van der Waals surface area contributed by atoms with E-state index in [0.29, 0.717) is 25.1 Å². The summed E-state index contributed by atoms with van der Waals surface area (Å²) in [6.07, 6.45) is 1.42. The number of nitrogens with zero attached hydrogens (tertiary/aromatic N) is 1. The minimum Gasteiger partial charge on any atom is -0.481 e. The zero-order valence-corrected chi connectivity index (χ0v) is 12.0. The summed E-state index contributed by atoms with van der Waals surface area (Å²) in [5.41, 5.74) is 0.626. The quantitative estimate of drug-likeness (QED) is 0.824. The van der Waals surface area contributed by atoms with E-state index in [2.05, 4.69) is 22.6 Å². The molecular weight excluding hydrogens is 345 g/mol. The fraction of sp³-hybridized carbons (Fsp3) is 0.385. The van der Waals surface area contributed by atoms with Crippen molar-refractivity contribution in [3.05, 3.63) is 33.4 Å². The fourth-order valence-electron chi connectivity index (χ4n) is 2.14. The molecule has 1 aromatic rings. The van der Waals surface area contributed by atoms with Crippen LogP contribution >= 0.6 is 22.6 Å². The van der Waals surface area contributed by atoms with Gasteiger partial charge in [0.2, 0.25) is 0 Å². The second-order valence-electron chi connectivity index (χ2n) is 4.44. The smallest absolute Gasteiger partial charge is 0.308 e. The first kappa shape index (κ1) is 13.3. The summed E-state index contributed by atoms with van der Waals surface area (Å²) in [5, 5.41) is 9.01. The molecule has 1 atom stereocenters. The predicted octanol–water partition coefficient (Wildman–Crippen LogP) is 2.23. The van der Waals surface area contributed by atoms with Gasteiger partial charge in [-0.3, -0.25) is 9.59 Å². The van der Waals surface area contributed by atoms with E-state index >= 15 is 0 Å². The second kappa shape index (κ2) is 5.69. The van der Waals surface area contributed by atoms with Gasteiger partial charge in [-0.1, -0.05) is 0 Å². The van der Waals surface area contributed by atoms with Gasteiger partial charge >= 0.3 is 5.97 Å². The molecule has 2 rings (SSSR count). The van der Waals surface area contributed by atoms with Crippen LogP contribution in [0.25, 0.3) is 0 Å². The zero-order chi connectivity index (χ0) is 13.1. The molecule has 0 spiro atoms. The highest BCUT2D eigenvalue weighted by Crippen LogP contribution is 2.19. The Morgan fingerprint density at radius 2 is 1.94 bits per heavy atom. The summed E-state index contributed by atoms with van der Waals surface area (Å²) in [6.45, 7) is 0.967. The Morgan fingerprint density at radius 3 is 2.56 bits per heavy atom. The Morgan fingerprint density at radius 1 is 1.28 bits per heavy atom. The summed E-state index contributed by atoms with van der Waals surface area (Å²) in [7, 11) is 0. The average Bonchev–Trinajstić information content (AvgIpc) is 2.39. The number of hydrogen-bond donors (Lipinski definition) is 1. The highest BCUT2D eigenvalue weighted by atomic mass is 127. The number of aliphatic carboxylic acids is 1. The predicted molar refractivity (Wildman–Crippen MR) is 75.4 cm³/mol. The number of piperidine rings is 1. The molecule has 0 bridgehead atoms. The summed E-state index contributed by atoms with van der Waals surface area (Å²) in [6, 6.07) is 7.34. The van der Waals surface area contributed by atoms with Gasteiger partial charge in [-0.05, 0) is 59.7 Å². The second-order valence-corrected chi connectivity index (χ2v) is 5.68. The van der Waals surface area contributed by atoms with Crippen LogP contribution in [0.4, 0.5) is 0 Å². The van der Waals surface area contributed by atoms with Crippen molar-refractivity contribution < 1.29 is 14.7 Å². The van der Waals surface area contributed by atoms with E-state index < -0.39 is 11.9 Å². The first-order valence-corrected chi connectivity index (χ1v) is 6.93. The highest BCUT2D eigenvalue weighted by molar-refractivity contribution is 14.1. The molecule has 1 amide bonds. The van der Waals surface area contributed by atoms with Crippen molar-refractivity contribution in [1.82, 2.24) is 4.90 Å². The van der Waals surface area contributed by atoms with Crippen LogP contribution in [-0.2, 0) is 4.79 Å². The molecule has 1 fully saturated rings. The Kier molecular flexibility index (Phi) is 4.21. The van der Waals surface area contributed by atoms with E-state index in [-0.39, 0.29) is 5.91 Å². The lowest BCUT2D eigenvalue weighted by atomic mass is 9.97. The van der Waals surface area contributed by atoms with Gasteiger partial charge in [0.15, 0.2) is 0 Å². The van der Waals surface area contributed by atoms with E-state index in [4.69, 9.17) is 5.11 Å². The van der Waals surface area contributed by atoms with Crippen LogP contribution < -0.4 is 0 Å². The molecule has 0 unspecified atom stereocenters. The van der Waals surface area contributed by atoms with Crippen molar-refractivity contribution in [3.63, 3.8) is 0 Å². The maximum Gasteiger partial charge on any atom is 0.308 e. The molecule has 0 saturated carbocycles. The van der Waals surface area contributed by atoms with Gasteiger partial charge < -0.3 is 10.0 Å². The Balaban J connectivity index is 2.09. The average molecular weight is 359 g/mol. The van der Waals surface area contributed by atoms with Crippen molar-refractivity contribution in [2.24, 2.45) is 5.92 Å². The number of amides is 1. The van der Waals surface area contributed by atoms with Crippen molar-refractivity contribution in [2.75, 3.05) is 13.1 Å². The maximum atomic E-state index is 12.2. The van der Waals surface area contributed by atoms with Crippen LogP contribution in [-0.4, -0.2) is 35.0 Å². The molecule has 1 N–H and O–H groups in total. The number of carbonyl (C=O) groups excluding carboxylic acids is 1. The first-order valence-electron chi connectivity index (χ1n) is 5.85. The molecule has 4 nitrogen and oxygen atoms in total. The SMILES string of the molecule is O=C(O)[C@@H]1CCCN(C(=O)c2ccc(I)cc2)C1. The van der Waals surface area contributed by atoms with Gasteiger partial charge in [0.1, 0.15) is 0 Å². The van der Waals surface area contributed by atoms with Gasteiger partial charge in [-0.25, -0.2) is 0 Å². The van der Waals surface area contributed by atoms with Crippen LogP contribution in [0.2, 0.25) is 0 Å². The molecule has 1 aliphatic heterocycles. The number of carboxylic acids is 1. The van der Waals surface area contributed by atoms with E-state index in [9.17, 15) is 9.59 Å². The maximum absolute atomic E-state index is 12.2. The van der Waals surface area contributed by atoms with Gasteiger partial charge in [-0.2, -0.15) is 0 Å². The number of carboxylic acid groups (broad SMARTS) is 1. The van der Waals surface area contributed by atoms with Gasteiger partial charge in [0, 0.05) is 22.2 Å². The van der Waals surface area contributed by atoms with Crippen molar-refractivity contribution in [1.29, 1.82) is 0 Å². The lowest BCUT2D eigenvalue weighted by Gasteiger charge is -2.30. The van der Waals surface area contributed by atoms with E-state index in [1.54, 1.807) is 17.0 Å². The minimum absolute atomic E-state index is 0.0719. The van der Waals surface area contributed by atoms with Crippen LogP contribution in [0.15, 0.2) is 24.3 Å². The third-order valence-electron chi connectivity index (χ3n) is 3.15. The van der Waals surface area contributed by atoms with Crippen LogP contribution in [0.5, 0.6) is 0 Å². The van der Waals surface area contributed by atoms with Crippen molar-refractivity contribution in [2.45, 2.75) is 12.8 Å². The summed E-state index contributed by atoms with van der Waals surface area (Å²) >= 11 is 2.18. The standard InChI is InChI=1S/C13H14INO3/c14-11-5-3-9(4-6-11)12(16)15-7-1-2-10(8-15)13(17)18/h3-6,10H,1-2,7-8H2,(H,17,18)/t10-/m1/s1. The summed E-state index contributed by atoms with van der Waals surface area (Å²) in [4.78, 5) is 24.8. The van der Waals surface area contributed by atoms with Crippen molar-refractivity contribution in [3.8, 4) is 0 Å². The van der Waals surface area contributed by atoms with Gasteiger partial charge in [0.25, 0.3) is 5.91 Å². The largest absolute Gasteiger partial charge is 0.481 e. The Labute approximate surface area is 119 Å². The molecule has 5 heteroatoms. The zero-order valence-electron chi connectivity index (χ0n) is 9.80. The number of carbonyl (C=O) groups is 2. The van der Waals surface area contributed by atoms with Gasteiger partial charge in [0.05, 0.1) is 5.92 Å². The minimum atomic E-state index is -0.810. The van der Waals surface area contributed by atoms with E-state index in [1.807, 2.05) is 12.1 Å². The molecule has 1 heterocycles. The number of hydrogen-bond acceptors (Lipinski definition) is 2. The summed E-state index contributed by atoms with van der Waals surface area (Å²) < 4.78 is 1.08. The fourth-order valence-corrected chi connectivity index (χ4v) is 2.50. The van der Waals surface area contributed by atoms with Crippen LogP contribution in [0, 0.1) is 9.49 Å². The molecule has 0 aliphatic carbocycles. The molecular formula is C13H14INO3. The third kappa shape index (κ3) is 3.01. The van der Waals surface area contributed by atoms with Crippen molar-refractivity contribution >= 4 is 34.5 Å². The number of halogens is 1. The monoisotopic (exact) mass is 359 g/mol. The van der Waals surface area contributed by atoms with Crippen LogP contribution in [0.1, 0.15) is 23.2 Å². The first-order chi connectivity index (χ1) is 8.58. The highest BCUT2D eigenvalue weighted by Gasteiger charge is 2.28. The molecule has 96 valence electrons. The van der Waals surface area contributed by atoms with Crippen LogP contribution in [0.3, 0.4) is 0 Å². The Bertz CT molecular complexity index is 458. The molecule has 0 aromatic heterocycles. The number of benzene rings is 1. The number of likely N-dealkylation sites (tertiary alicyclic amines) is 1. The lowest BCUT2D eigenvalue weighted by molar-refractivity contribution is -0.143. The third-order valence-corrected chi connectivity index (χ3v) is 3.87.